The molecule has 0 bridgehead atoms. The van der Waals surface area contributed by atoms with E-state index in [1.807, 2.05) is 49.4 Å². The normalized spacial score (nSPS) is 10.7. The number of benzene rings is 2. The van der Waals surface area contributed by atoms with Crippen molar-refractivity contribution in [2.75, 3.05) is 12.4 Å². The summed E-state index contributed by atoms with van der Waals surface area (Å²) in [6.07, 6.45) is 0. The number of hydrogen-bond acceptors (Lipinski definition) is 4. The van der Waals surface area contributed by atoms with Crippen molar-refractivity contribution in [2.45, 2.75) is 6.92 Å². The highest BCUT2D eigenvalue weighted by molar-refractivity contribution is 6.04. The number of fused-ring (bicyclic) bond motifs is 1. The molecule has 0 atom stereocenters. The lowest BCUT2D eigenvalue weighted by molar-refractivity contribution is 0.102. The van der Waals surface area contributed by atoms with E-state index < -0.39 is 0 Å². The lowest BCUT2D eigenvalue weighted by Gasteiger charge is -2.09. The maximum absolute atomic E-state index is 12.6. The SMILES string of the molecule is COc1ccc(C(=O)Nc2cc(C)nn2-c2ccc3ccccc3n2)cc1. The Balaban J connectivity index is 1.66. The number of nitrogens with one attached hydrogen (secondary N) is 1. The van der Waals surface area contributed by atoms with Gasteiger partial charge in [-0.15, -0.1) is 0 Å². The maximum atomic E-state index is 12.6. The van der Waals surface area contributed by atoms with Gasteiger partial charge in [0, 0.05) is 17.0 Å². The van der Waals surface area contributed by atoms with Crippen LogP contribution in [0.2, 0.25) is 0 Å². The van der Waals surface area contributed by atoms with Gasteiger partial charge in [0.05, 0.1) is 18.3 Å². The lowest BCUT2D eigenvalue weighted by Crippen LogP contribution is -2.15. The van der Waals surface area contributed by atoms with Crippen molar-refractivity contribution in [2.24, 2.45) is 0 Å². The summed E-state index contributed by atoms with van der Waals surface area (Å²) in [4.78, 5) is 17.3. The molecule has 0 saturated heterocycles. The zero-order valence-corrected chi connectivity index (χ0v) is 15.0. The van der Waals surface area contributed by atoms with Gasteiger partial charge in [0.2, 0.25) is 0 Å². The van der Waals surface area contributed by atoms with Crippen LogP contribution in [0.15, 0.2) is 66.7 Å². The van der Waals surface area contributed by atoms with Crippen LogP contribution in [0.25, 0.3) is 16.7 Å². The van der Waals surface area contributed by atoms with E-state index in [0.29, 0.717) is 22.9 Å². The molecule has 0 saturated carbocycles. The molecule has 4 aromatic rings. The quantitative estimate of drug-likeness (QED) is 0.599. The molecular weight excluding hydrogens is 340 g/mol. The first-order valence-corrected chi connectivity index (χ1v) is 8.52. The monoisotopic (exact) mass is 358 g/mol. The molecule has 0 radical (unpaired) electrons. The molecule has 4 rings (SSSR count). The van der Waals surface area contributed by atoms with E-state index in [1.165, 1.54) is 0 Å². The number of methoxy groups -OCH3 is 1. The first kappa shape index (κ1) is 16.8. The van der Waals surface area contributed by atoms with E-state index >= 15 is 0 Å². The van der Waals surface area contributed by atoms with Crippen molar-refractivity contribution in [3.8, 4) is 11.6 Å². The van der Waals surface area contributed by atoms with Crippen LogP contribution in [0.5, 0.6) is 5.75 Å². The second-order valence-corrected chi connectivity index (χ2v) is 6.13. The number of pyridine rings is 1. The Kier molecular flexibility index (Phi) is 4.30. The zero-order valence-electron chi connectivity index (χ0n) is 15.0. The minimum atomic E-state index is -0.223. The minimum Gasteiger partial charge on any atom is -0.497 e. The van der Waals surface area contributed by atoms with Crippen LogP contribution in [0.1, 0.15) is 16.1 Å². The van der Waals surface area contributed by atoms with Gasteiger partial charge in [-0.05, 0) is 49.4 Å². The van der Waals surface area contributed by atoms with Gasteiger partial charge in [0.25, 0.3) is 5.91 Å². The second-order valence-electron chi connectivity index (χ2n) is 6.13. The lowest BCUT2D eigenvalue weighted by atomic mass is 10.2. The highest BCUT2D eigenvalue weighted by atomic mass is 16.5. The molecule has 0 aliphatic carbocycles. The maximum Gasteiger partial charge on any atom is 0.256 e. The molecule has 0 aliphatic rings. The van der Waals surface area contributed by atoms with Crippen molar-refractivity contribution in [3.63, 3.8) is 0 Å². The summed E-state index contributed by atoms with van der Waals surface area (Å²) in [6, 6.07) is 20.5. The van der Waals surface area contributed by atoms with Gasteiger partial charge < -0.3 is 10.1 Å². The number of amides is 1. The van der Waals surface area contributed by atoms with E-state index in [-0.39, 0.29) is 5.91 Å². The number of aryl methyl sites for hydroxylation is 1. The van der Waals surface area contributed by atoms with E-state index in [1.54, 1.807) is 36.1 Å². The molecular formula is C21H18N4O2. The number of carbonyl (C=O) groups excluding carboxylic acids is 1. The third-order valence-electron chi connectivity index (χ3n) is 4.23. The molecule has 0 unspecified atom stereocenters. The molecule has 6 nitrogen and oxygen atoms in total. The highest BCUT2D eigenvalue weighted by Gasteiger charge is 2.13. The number of aromatic nitrogens is 3. The van der Waals surface area contributed by atoms with Gasteiger partial charge in [-0.2, -0.15) is 9.78 Å². The van der Waals surface area contributed by atoms with Gasteiger partial charge in [0.15, 0.2) is 5.82 Å². The number of hydrogen-bond donors (Lipinski definition) is 1. The fourth-order valence-corrected chi connectivity index (χ4v) is 2.87. The summed E-state index contributed by atoms with van der Waals surface area (Å²) >= 11 is 0. The van der Waals surface area contributed by atoms with Crippen LogP contribution in [-0.4, -0.2) is 27.8 Å². The van der Waals surface area contributed by atoms with Crippen molar-refractivity contribution in [1.29, 1.82) is 0 Å². The molecule has 0 fully saturated rings. The van der Waals surface area contributed by atoms with Crippen molar-refractivity contribution in [3.05, 3.63) is 78.0 Å². The van der Waals surface area contributed by atoms with Crippen molar-refractivity contribution < 1.29 is 9.53 Å². The predicted octanol–water partition coefficient (Wildman–Crippen LogP) is 3.99. The molecule has 1 N–H and O–H groups in total. The standard InChI is InChI=1S/C21H18N4O2/c1-14-13-20(23-21(26)16-7-10-17(27-2)11-8-16)25(24-14)19-12-9-15-5-3-4-6-18(15)22-19/h3-13H,1-2H3,(H,23,26). The second kappa shape index (κ2) is 6.92. The average molecular weight is 358 g/mol. The number of para-hydroxylation sites is 1. The molecule has 6 heteroatoms. The summed E-state index contributed by atoms with van der Waals surface area (Å²) < 4.78 is 6.77. The topological polar surface area (TPSA) is 69.0 Å². The first-order valence-electron chi connectivity index (χ1n) is 8.52. The smallest absolute Gasteiger partial charge is 0.256 e. The van der Waals surface area contributed by atoms with Gasteiger partial charge >= 0.3 is 0 Å². The fraction of sp³-hybridized carbons (Fsp3) is 0.0952. The van der Waals surface area contributed by atoms with Gasteiger partial charge in [-0.25, -0.2) is 4.98 Å². The van der Waals surface area contributed by atoms with Gasteiger partial charge in [0.1, 0.15) is 11.6 Å². The molecule has 2 aromatic carbocycles. The molecule has 1 amide bonds. The van der Waals surface area contributed by atoms with Crippen molar-refractivity contribution >= 4 is 22.6 Å². The number of nitrogens with zero attached hydrogens (tertiary/aromatic N) is 3. The summed E-state index contributed by atoms with van der Waals surface area (Å²) in [5.74, 6) is 1.69. The third kappa shape index (κ3) is 3.37. The molecule has 27 heavy (non-hydrogen) atoms. The third-order valence-corrected chi connectivity index (χ3v) is 4.23. The largest absolute Gasteiger partial charge is 0.497 e. The zero-order chi connectivity index (χ0) is 18.8. The number of ether oxygens (including phenoxy) is 1. The van der Waals surface area contributed by atoms with E-state index in [2.05, 4.69) is 15.4 Å². The predicted molar refractivity (Wildman–Crippen MR) is 105 cm³/mol. The number of anilines is 1. The van der Waals surface area contributed by atoms with Crippen LogP contribution >= 0.6 is 0 Å². The average Bonchev–Trinajstić information content (AvgIpc) is 3.07. The summed E-state index contributed by atoms with van der Waals surface area (Å²) in [5, 5.41) is 8.44. The van der Waals surface area contributed by atoms with Crippen LogP contribution < -0.4 is 10.1 Å². The Labute approximate surface area is 156 Å². The first-order chi connectivity index (χ1) is 13.1. The summed E-state index contributed by atoms with van der Waals surface area (Å²) in [5.41, 5.74) is 2.19. The molecule has 0 aliphatic heterocycles. The van der Waals surface area contributed by atoms with Crippen LogP contribution in [-0.2, 0) is 0 Å². The van der Waals surface area contributed by atoms with Crippen LogP contribution in [0, 0.1) is 6.92 Å². The highest BCUT2D eigenvalue weighted by Crippen LogP contribution is 2.20. The summed E-state index contributed by atoms with van der Waals surface area (Å²) in [6.45, 7) is 1.88. The Morgan fingerprint density at radius 1 is 1.04 bits per heavy atom. The Morgan fingerprint density at radius 2 is 1.81 bits per heavy atom. The molecule has 2 aromatic heterocycles. The Bertz CT molecular complexity index is 1120. The fourth-order valence-electron chi connectivity index (χ4n) is 2.87. The molecule has 134 valence electrons. The molecule has 0 spiro atoms. The Hall–Kier alpha value is -3.67. The van der Waals surface area contributed by atoms with E-state index in [0.717, 1.165) is 16.6 Å². The van der Waals surface area contributed by atoms with Crippen LogP contribution in [0.3, 0.4) is 0 Å². The minimum absolute atomic E-state index is 0.223. The van der Waals surface area contributed by atoms with E-state index in [9.17, 15) is 4.79 Å². The Morgan fingerprint density at radius 3 is 2.59 bits per heavy atom. The van der Waals surface area contributed by atoms with Crippen LogP contribution in [0.4, 0.5) is 5.82 Å². The molecule has 2 heterocycles. The summed E-state index contributed by atoms with van der Waals surface area (Å²) in [7, 11) is 1.59. The van der Waals surface area contributed by atoms with E-state index in [4.69, 9.17) is 4.74 Å². The van der Waals surface area contributed by atoms with Gasteiger partial charge in [-0.3, -0.25) is 4.79 Å². The van der Waals surface area contributed by atoms with Crippen molar-refractivity contribution in [1.82, 2.24) is 14.8 Å². The number of carbonyl (C=O) groups is 1. The number of rotatable bonds is 4. The van der Waals surface area contributed by atoms with Gasteiger partial charge in [-0.1, -0.05) is 18.2 Å².